The highest BCUT2D eigenvalue weighted by molar-refractivity contribution is 5.83. The zero-order chi connectivity index (χ0) is 12.5. The van der Waals surface area contributed by atoms with Crippen LogP contribution in [0.5, 0.6) is 0 Å². The molecule has 0 amide bonds. The molecule has 0 saturated heterocycles. The third-order valence-electron chi connectivity index (χ3n) is 3.07. The largest absolute Gasteiger partial charge is 0.359 e. The van der Waals surface area contributed by atoms with E-state index in [1.807, 2.05) is 38.4 Å². The second-order valence-electron chi connectivity index (χ2n) is 4.36. The Morgan fingerprint density at radius 2 is 2.22 bits per heavy atom. The summed E-state index contributed by atoms with van der Waals surface area (Å²) in [5.41, 5.74) is 2.89. The Hall–Kier alpha value is -2.17. The van der Waals surface area contributed by atoms with Crippen LogP contribution in [0.3, 0.4) is 0 Å². The maximum atomic E-state index is 5.18. The summed E-state index contributed by atoms with van der Waals surface area (Å²) in [6.45, 7) is 4.63. The summed E-state index contributed by atoms with van der Waals surface area (Å²) < 4.78 is 5.18. The molecule has 5 nitrogen and oxygen atoms in total. The number of pyridine rings is 1. The Labute approximate surface area is 105 Å². The fraction of sp³-hybridized carbons (Fsp3) is 0.308. The molecule has 2 aromatic rings. The number of rotatable bonds is 2. The van der Waals surface area contributed by atoms with Crippen molar-refractivity contribution in [1.29, 1.82) is 0 Å². The Kier molecular flexibility index (Phi) is 2.59. The molecular weight excluding hydrogens is 228 g/mol. The summed E-state index contributed by atoms with van der Waals surface area (Å²) >= 11 is 0. The first-order valence-electron chi connectivity index (χ1n) is 5.89. The molecule has 0 aromatic carbocycles. The van der Waals surface area contributed by atoms with Crippen LogP contribution in [0.2, 0.25) is 0 Å². The van der Waals surface area contributed by atoms with E-state index in [-0.39, 0.29) is 6.04 Å². The molecule has 0 spiro atoms. The molecule has 0 aliphatic carbocycles. The van der Waals surface area contributed by atoms with E-state index in [0.717, 1.165) is 29.4 Å². The molecule has 3 heterocycles. The third kappa shape index (κ3) is 1.77. The zero-order valence-electron chi connectivity index (χ0n) is 10.4. The first-order chi connectivity index (χ1) is 8.75. The van der Waals surface area contributed by atoms with Gasteiger partial charge in [0.25, 0.3) is 0 Å². The van der Waals surface area contributed by atoms with Crippen molar-refractivity contribution < 1.29 is 4.52 Å². The van der Waals surface area contributed by atoms with Crippen LogP contribution in [0.1, 0.15) is 23.2 Å². The fourth-order valence-corrected chi connectivity index (χ4v) is 2.22. The zero-order valence-corrected chi connectivity index (χ0v) is 10.4. The van der Waals surface area contributed by atoms with E-state index in [2.05, 4.69) is 20.0 Å². The van der Waals surface area contributed by atoms with Crippen molar-refractivity contribution in [2.24, 2.45) is 4.99 Å². The maximum Gasteiger partial charge on any atom is 0.157 e. The van der Waals surface area contributed by atoms with E-state index < -0.39 is 0 Å². The van der Waals surface area contributed by atoms with E-state index in [4.69, 9.17) is 4.52 Å². The number of aromatic nitrogens is 2. The van der Waals surface area contributed by atoms with Gasteiger partial charge in [-0.05, 0) is 26.0 Å². The average molecular weight is 242 g/mol. The van der Waals surface area contributed by atoms with Gasteiger partial charge in [0.15, 0.2) is 5.76 Å². The summed E-state index contributed by atoms with van der Waals surface area (Å²) in [7, 11) is 0. The van der Waals surface area contributed by atoms with E-state index in [1.54, 1.807) is 6.20 Å². The second-order valence-corrected chi connectivity index (χ2v) is 4.36. The molecule has 0 bridgehead atoms. The molecule has 1 aliphatic heterocycles. The van der Waals surface area contributed by atoms with Crippen LogP contribution in [-0.4, -0.2) is 23.0 Å². The molecule has 18 heavy (non-hydrogen) atoms. The molecule has 3 rings (SSSR count). The number of hydrogen-bond donors (Lipinski definition) is 0. The number of nitrogens with zero attached hydrogens (tertiary/aromatic N) is 4. The minimum atomic E-state index is 0.0832. The minimum Gasteiger partial charge on any atom is -0.359 e. The minimum absolute atomic E-state index is 0.0832. The van der Waals surface area contributed by atoms with Crippen molar-refractivity contribution >= 4 is 12.0 Å². The van der Waals surface area contributed by atoms with Crippen molar-refractivity contribution in [2.75, 3.05) is 11.4 Å². The molecule has 1 unspecified atom stereocenters. The fourth-order valence-electron chi connectivity index (χ4n) is 2.22. The molecule has 0 N–H and O–H groups in total. The quantitative estimate of drug-likeness (QED) is 0.810. The van der Waals surface area contributed by atoms with E-state index >= 15 is 0 Å². The Bertz CT molecular complexity index is 556. The van der Waals surface area contributed by atoms with Crippen LogP contribution in [-0.2, 0) is 0 Å². The monoisotopic (exact) mass is 242 g/mol. The van der Waals surface area contributed by atoms with Gasteiger partial charge in [0.2, 0.25) is 0 Å². The van der Waals surface area contributed by atoms with Crippen LogP contribution in [0.4, 0.5) is 5.69 Å². The lowest BCUT2D eigenvalue weighted by molar-refractivity contribution is 0.393. The first-order valence-corrected chi connectivity index (χ1v) is 5.89. The van der Waals surface area contributed by atoms with Crippen LogP contribution in [0.15, 0.2) is 33.9 Å². The maximum absolute atomic E-state index is 5.18. The number of aryl methyl sites for hydroxylation is 2. The molecular formula is C13H14N4O. The molecule has 1 aliphatic rings. The number of anilines is 1. The molecule has 2 aromatic heterocycles. The standard InChI is InChI=1S/C13H14N4O/c1-9-13(10(2)18-16-9)17-7-12(15-8-17)11-5-3-4-6-14-11/h3-6,8,12H,7H2,1-2H3. The highest BCUT2D eigenvalue weighted by Gasteiger charge is 2.25. The highest BCUT2D eigenvalue weighted by Crippen LogP contribution is 2.29. The van der Waals surface area contributed by atoms with Crippen molar-refractivity contribution in [3.63, 3.8) is 0 Å². The SMILES string of the molecule is Cc1noc(C)c1N1C=NC(c2ccccn2)C1. The second kappa shape index (κ2) is 4.25. The van der Waals surface area contributed by atoms with Gasteiger partial charge in [0, 0.05) is 6.20 Å². The summed E-state index contributed by atoms with van der Waals surface area (Å²) in [6.07, 6.45) is 3.63. The Morgan fingerprint density at radius 3 is 2.89 bits per heavy atom. The molecule has 92 valence electrons. The summed E-state index contributed by atoms with van der Waals surface area (Å²) in [5.74, 6) is 0.820. The van der Waals surface area contributed by atoms with Crippen molar-refractivity contribution in [2.45, 2.75) is 19.9 Å². The van der Waals surface area contributed by atoms with Gasteiger partial charge in [-0.15, -0.1) is 0 Å². The number of aliphatic imine (C=N–C) groups is 1. The van der Waals surface area contributed by atoms with Gasteiger partial charge in [-0.1, -0.05) is 11.2 Å². The summed E-state index contributed by atoms with van der Waals surface area (Å²) in [6, 6.07) is 5.98. The lowest BCUT2D eigenvalue weighted by atomic mass is 10.2. The summed E-state index contributed by atoms with van der Waals surface area (Å²) in [4.78, 5) is 10.9. The van der Waals surface area contributed by atoms with Crippen molar-refractivity contribution in [3.05, 3.63) is 41.5 Å². The molecule has 0 fully saturated rings. The van der Waals surface area contributed by atoms with E-state index in [9.17, 15) is 0 Å². The summed E-state index contributed by atoms with van der Waals surface area (Å²) in [5, 5.41) is 3.96. The molecule has 5 heteroatoms. The normalized spacial score (nSPS) is 18.6. The van der Waals surface area contributed by atoms with E-state index in [0.29, 0.717) is 0 Å². The Morgan fingerprint density at radius 1 is 1.33 bits per heavy atom. The van der Waals surface area contributed by atoms with E-state index in [1.165, 1.54) is 0 Å². The predicted octanol–water partition coefficient (Wildman–Crippen LogP) is 2.28. The topological polar surface area (TPSA) is 54.5 Å². The third-order valence-corrected chi connectivity index (χ3v) is 3.07. The predicted molar refractivity (Wildman–Crippen MR) is 68.8 cm³/mol. The van der Waals surface area contributed by atoms with Gasteiger partial charge in [0.1, 0.15) is 17.4 Å². The number of hydrogen-bond acceptors (Lipinski definition) is 5. The Balaban J connectivity index is 1.83. The van der Waals surface area contributed by atoms with Crippen molar-refractivity contribution in [3.8, 4) is 0 Å². The van der Waals surface area contributed by atoms with Gasteiger partial charge in [-0.25, -0.2) is 0 Å². The van der Waals surface area contributed by atoms with Gasteiger partial charge >= 0.3 is 0 Å². The van der Waals surface area contributed by atoms with Crippen LogP contribution in [0, 0.1) is 13.8 Å². The van der Waals surface area contributed by atoms with Gasteiger partial charge < -0.3 is 9.42 Å². The van der Waals surface area contributed by atoms with Gasteiger partial charge in [-0.2, -0.15) is 0 Å². The molecule has 0 radical (unpaired) electrons. The van der Waals surface area contributed by atoms with Crippen molar-refractivity contribution in [1.82, 2.24) is 10.1 Å². The molecule has 0 saturated carbocycles. The van der Waals surface area contributed by atoms with Crippen LogP contribution in [0.25, 0.3) is 0 Å². The van der Waals surface area contributed by atoms with Crippen LogP contribution < -0.4 is 4.90 Å². The lowest BCUT2D eigenvalue weighted by Gasteiger charge is -2.15. The highest BCUT2D eigenvalue weighted by atomic mass is 16.5. The molecule has 1 atom stereocenters. The average Bonchev–Trinajstić information content (AvgIpc) is 2.98. The van der Waals surface area contributed by atoms with Crippen LogP contribution >= 0.6 is 0 Å². The van der Waals surface area contributed by atoms with Gasteiger partial charge in [-0.3, -0.25) is 9.98 Å². The smallest absolute Gasteiger partial charge is 0.157 e. The first kappa shape index (κ1) is 11.0. The van der Waals surface area contributed by atoms with Gasteiger partial charge in [0.05, 0.1) is 18.6 Å². The lowest BCUT2D eigenvalue weighted by Crippen LogP contribution is -2.21.